The van der Waals surface area contributed by atoms with Crippen molar-refractivity contribution in [3.05, 3.63) is 81.4 Å². The van der Waals surface area contributed by atoms with Gasteiger partial charge in [-0.2, -0.15) is 5.10 Å². The quantitative estimate of drug-likeness (QED) is 0.171. The maximum absolute atomic E-state index is 12.6. The molecule has 0 bridgehead atoms. The van der Waals surface area contributed by atoms with E-state index in [0.717, 1.165) is 54.6 Å². The van der Waals surface area contributed by atoms with Gasteiger partial charge in [0.1, 0.15) is 0 Å². The Morgan fingerprint density at radius 1 is 1.05 bits per heavy atom. The number of carbonyl (C=O) groups is 1. The van der Waals surface area contributed by atoms with Gasteiger partial charge in [0, 0.05) is 27.7 Å². The van der Waals surface area contributed by atoms with E-state index in [-0.39, 0.29) is 18.0 Å². The highest BCUT2D eigenvalue weighted by Gasteiger charge is 2.24. The number of nitrogens with one attached hydrogen (secondary N) is 2. The van der Waals surface area contributed by atoms with Crippen molar-refractivity contribution >= 4 is 40.8 Å². The number of urea groups is 1. The van der Waals surface area contributed by atoms with Crippen molar-refractivity contribution in [1.82, 2.24) is 20.4 Å². The van der Waals surface area contributed by atoms with E-state index >= 15 is 0 Å². The smallest absolute Gasteiger partial charge is 0.315 e. The first-order valence-corrected chi connectivity index (χ1v) is 13.8. The number of hydrogen-bond acceptors (Lipinski definition) is 2. The lowest BCUT2D eigenvalue weighted by atomic mass is 9.75. The standard InChI is InChI=1S/C29H35Cl3N4O/c1-5-15-29(6-2,7-3)16-8-17-33-28(37)34-19-25-20(4)27(21-9-11-22(30)12-10-21)36(35-25)26-14-13-23(31)18-24(26)32/h5,9-14,18H,1,6-8,15-17,19H2,2-4H3,(H2,33,34,37). The van der Waals surface area contributed by atoms with E-state index in [9.17, 15) is 4.79 Å². The topological polar surface area (TPSA) is 59.0 Å². The number of halogens is 3. The molecule has 0 unspecified atom stereocenters. The van der Waals surface area contributed by atoms with Gasteiger partial charge in [0.05, 0.1) is 28.6 Å². The van der Waals surface area contributed by atoms with Gasteiger partial charge in [-0.25, -0.2) is 9.48 Å². The first-order chi connectivity index (χ1) is 17.7. The molecule has 0 aliphatic rings. The lowest BCUT2D eigenvalue weighted by Crippen LogP contribution is -2.36. The Morgan fingerprint density at radius 3 is 2.35 bits per heavy atom. The summed E-state index contributed by atoms with van der Waals surface area (Å²) in [4.78, 5) is 12.6. The zero-order valence-corrected chi connectivity index (χ0v) is 24.0. The van der Waals surface area contributed by atoms with Gasteiger partial charge in [-0.05, 0) is 61.9 Å². The summed E-state index contributed by atoms with van der Waals surface area (Å²) in [6.07, 6.45) is 7.20. The highest BCUT2D eigenvalue weighted by atomic mass is 35.5. The van der Waals surface area contributed by atoms with E-state index in [1.54, 1.807) is 16.8 Å². The number of nitrogens with zero attached hydrogens (tertiary/aromatic N) is 2. The molecule has 0 saturated carbocycles. The molecular formula is C29H35Cl3N4O. The van der Waals surface area contributed by atoms with Crippen LogP contribution in [0.1, 0.15) is 57.2 Å². The molecule has 2 aromatic carbocycles. The second-order valence-electron chi connectivity index (χ2n) is 9.35. The number of aromatic nitrogens is 2. The van der Waals surface area contributed by atoms with Gasteiger partial charge in [0.15, 0.2) is 0 Å². The third-order valence-electron chi connectivity index (χ3n) is 7.14. The molecule has 8 heteroatoms. The van der Waals surface area contributed by atoms with Gasteiger partial charge >= 0.3 is 6.03 Å². The van der Waals surface area contributed by atoms with Gasteiger partial charge < -0.3 is 10.6 Å². The van der Waals surface area contributed by atoms with Crippen LogP contribution >= 0.6 is 34.8 Å². The predicted molar refractivity (Wildman–Crippen MR) is 156 cm³/mol. The SMILES string of the molecule is C=CCC(CC)(CC)CCCNC(=O)NCc1nn(-c2ccc(Cl)cc2Cl)c(-c2ccc(Cl)cc2)c1C. The first-order valence-electron chi connectivity index (χ1n) is 12.7. The largest absolute Gasteiger partial charge is 0.338 e. The molecule has 3 rings (SSSR count). The molecule has 0 spiro atoms. The molecule has 0 atom stereocenters. The van der Waals surface area contributed by atoms with E-state index in [4.69, 9.17) is 39.9 Å². The summed E-state index contributed by atoms with van der Waals surface area (Å²) in [7, 11) is 0. The Morgan fingerprint density at radius 2 is 1.73 bits per heavy atom. The number of amides is 2. The van der Waals surface area contributed by atoms with Crippen molar-refractivity contribution in [3.8, 4) is 16.9 Å². The molecule has 2 N–H and O–H groups in total. The minimum absolute atomic E-state index is 0.214. The van der Waals surface area contributed by atoms with Gasteiger partial charge in [-0.1, -0.05) is 79.7 Å². The molecule has 5 nitrogen and oxygen atoms in total. The molecule has 1 aromatic heterocycles. The average Bonchev–Trinajstić information content (AvgIpc) is 3.20. The molecule has 1 heterocycles. The lowest BCUT2D eigenvalue weighted by Gasteiger charge is -2.30. The third-order valence-corrected chi connectivity index (χ3v) is 7.93. The highest BCUT2D eigenvalue weighted by molar-refractivity contribution is 6.35. The maximum Gasteiger partial charge on any atom is 0.315 e. The van der Waals surface area contributed by atoms with Crippen LogP contribution in [0, 0.1) is 12.3 Å². The van der Waals surface area contributed by atoms with E-state index in [2.05, 4.69) is 31.1 Å². The van der Waals surface area contributed by atoms with Crippen LogP contribution in [0.4, 0.5) is 4.79 Å². The zero-order chi connectivity index (χ0) is 27.0. The molecule has 198 valence electrons. The Kier molecular flexibility index (Phi) is 10.5. The number of benzene rings is 2. The van der Waals surface area contributed by atoms with E-state index in [1.165, 1.54) is 0 Å². The fourth-order valence-corrected chi connectivity index (χ4v) is 5.29. The van der Waals surface area contributed by atoms with Crippen LogP contribution in [0.15, 0.2) is 55.1 Å². The zero-order valence-electron chi connectivity index (χ0n) is 21.7. The predicted octanol–water partition coefficient (Wildman–Crippen LogP) is 8.77. The highest BCUT2D eigenvalue weighted by Crippen LogP contribution is 2.36. The summed E-state index contributed by atoms with van der Waals surface area (Å²) in [6, 6.07) is 12.6. The average molecular weight is 562 g/mol. The molecule has 3 aromatic rings. The maximum atomic E-state index is 12.6. The van der Waals surface area contributed by atoms with Crippen molar-refractivity contribution in [3.63, 3.8) is 0 Å². The van der Waals surface area contributed by atoms with Crippen molar-refractivity contribution in [2.24, 2.45) is 5.41 Å². The third kappa shape index (κ3) is 7.31. The first kappa shape index (κ1) is 29.1. The molecule has 0 aliphatic carbocycles. The summed E-state index contributed by atoms with van der Waals surface area (Å²) < 4.78 is 1.79. The Bertz CT molecular complexity index is 1220. The van der Waals surface area contributed by atoms with Crippen molar-refractivity contribution in [2.75, 3.05) is 6.54 Å². The monoisotopic (exact) mass is 560 g/mol. The summed E-state index contributed by atoms with van der Waals surface area (Å²) in [5.74, 6) is 0. The summed E-state index contributed by atoms with van der Waals surface area (Å²) in [6.45, 7) is 11.2. The molecule has 2 amide bonds. The normalized spacial score (nSPS) is 11.4. The number of allylic oxidation sites excluding steroid dienone is 1. The molecule has 0 fully saturated rings. The van der Waals surface area contributed by atoms with Gasteiger partial charge in [0.25, 0.3) is 0 Å². The van der Waals surface area contributed by atoms with Crippen LogP contribution < -0.4 is 10.6 Å². The summed E-state index contributed by atoms with van der Waals surface area (Å²) in [5.41, 5.74) is 4.46. The van der Waals surface area contributed by atoms with Crippen LogP contribution in [0.5, 0.6) is 0 Å². The fourth-order valence-electron chi connectivity index (χ4n) is 4.68. The van der Waals surface area contributed by atoms with E-state index in [0.29, 0.717) is 27.3 Å². The van der Waals surface area contributed by atoms with Crippen molar-refractivity contribution < 1.29 is 4.79 Å². The van der Waals surface area contributed by atoms with E-state index < -0.39 is 0 Å². The van der Waals surface area contributed by atoms with Crippen LogP contribution in [0.25, 0.3) is 16.9 Å². The second kappa shape index (κ2) is 13.4. The Labute approximate surface area is 235 Å². The molecule has 37 heavy (non-hydrogen) atoms. The minimum atomic E-state index is -0.214. The Hall–Kier alpha value is -2.47. The Balaban J connectivity index is 1.73. The lowest BCUT2D eigenvalue weighted by molar-refractivity contribution is 0.227. The molecule has 0 radical (unpaired) electrons. The summed E-state index contributed by atoms with van der Waals surface area (Å²) in [5, 5.41) is 12.4. The minimum Gasteiger partial charge on any atom is -0.338 e. The van der Waals surface area contributed by atoms with Crippen molar-refractivity contribution in [1.29, 1.82) is 0 Å². The van der Waals surface area contributed by atoms with Gasteiger partial charge in [-0.15, -0.1) is 6.58 Å². The summed E-state index contributed by atoms with van der Waals surface area (Å²) >= 11 is 18.8. The number of hydrogen-bond donors (Lipinski definition) is 2. The molecular weight excluding hydrogens is 527 g/mol. The molecule has 0 aliphatic heterocycles. The van der Waals surface area contributed by atoms with Crippen LogP contribution in [-0.2, 0) is 6.54 Å². The fraction of sp³-hybridized carbons (Fsp3) is 0.379. The van der Waals surface area contributed by atoms with Crippen LogP contribution in [0.3, 0.4) is 0 Å². The second-order valence-corrected chi connectivity index (χ2v) is 10.6. The number of rotatable bonds is 12. The van der Waals surface area contributed by atoms with E-state index in [1.807, 2.05) is 43.3 Å². The molecule has 0 saturated heterocycles. The van der Waals surface area contributed by atoms with Crippen LogP contribution in [0.2, 0.25) is 15.1 Å². The van der Waals surface area contributed by atoms with Crippen LogP contribution in [-0.4, -0.2) is 22.4 Å². The van der Waals surface area contributed by atoms with Gasteiger partial charge in [-0.3, -0.25) is 0 Å². The van der Waals surface area contributed by atoms with Gasteiger partial charge in [0.2, 0.25) is 0 Å². The number of carbonyl (C=O) groups excluding carboxylic acids is 1. The van der Waals surface area contributed by atoms with Crippen molar-refractivity contribution in [2.45, 2.75) is 59.4 Å².